The highest BCUT2D eigenvalue weighted by Crippen LogP contribution is 2.42. The van der Waals surface area contributed by atoms with Crippen LogP contribution in [0.15, 0.2) is 97.2 Å². The number of aliphatic hydroxyl groups is 1. The van der Waals surface area contributed by atoms with Crippen molar-refractivity contribution in [1.82, 2.24) is 15.2 Å². The Bertz CT molecular complexity index is 1480. The fourth-order valence-electron chi connectivity index (χ4n) is 5.53. The number of aliphatic hydroxyl groups excluding tert-OH is 1. The molecule has 1 amide bonds. The Kier molecular flexibility index (Phi) is 10.3. The molecular formula is C36H41N3O4. The van der Waals surface area contributed by atoms with Crippen LogP contribution in [0.3, 0.4) is 0 Å². The zero-order valence-electron chi connectivity index (χ0n) is 25.1. The quantitative estimate of drug-likeness (QED) is 0.232. The number of hydrogen-bond acceptors (Lipinski definition) is 6. The minimum Gasteiger partial charge on any atom is -0.392 e. The molecule has 1 aromatic heterocycles. The van der Waals surface area contributed by atoms with Gasteiger partial charge in [-0.05, 0) is 59.1 Å². The smallest absolute Gasteiger partial charge is 0.217 e. The van der Waals surface area contributed by atoms with Gasteiger partial charge in [-0.25, -0.2) is 0 Å². The van der Waals surface area contributed by atoms with Crippen molar-refractivity contribution in [2.45, 2.75) is 51.9 Å². The topological polar surface area (TPSA) is 83.9 Å². The number of hydrogen-bond donors (Lipinski definition) is 2. The first kappa shape index (κ1) is 30.6. The third-order valence-corrected chi connectivity index (χ3v) is 8.05. The molecule has 3 aromatic carbocycles. The Balaban J connectivity index is 1.38. The highest BCUT2D eigenvalue weighted by molar-refractivity contribution is 5.73. The molecule has 1 fully saturated rings. The summed E-state index contributed by atoms with van der Waals surface area (Å²) in [6, 6.07) is 30.5. The second-order valence-electron chi connectivity index (χ2n) is 11.4. The lowest BCUT2D eigenvalue weighted by Crippen LogP contribution is -2.43. The van der Waals surface area contributed by atoms with Crippen LogP contribution in [0, 0.1) is 5.92 Å². The lowest BCUT2D eigenvalue weighted by Gasteiger charge is -2.42. The highest BCUT2D eigenvalue weighted by atomic mass is 16.7. The number of pyridine rings is 1. The lowest BCUT2D eigenvalue weighted by atomic mass is 9.90. The second-order valence-corrected chi connectivity index (χ2v) is 11.4. The standard InChI is InChI=1S/C36H41N3O4/c1-25-34(23-39(3)19-17-33-12-4-5-18-37-33)42-36(43-35(25)29-15-13-27(24-40)14-16-29)32-11-7-10-31(21-32)30-9-6-8-28(20-30)22-38-26(2)41/h4-16,18,20-21,25,34-36,40H,17,19,22-24H2,1-3H3,(H,38,41)/t25-,34+,35+,36+/m1/s1. The van der Waals surface area contributed by atoms with Crippen LogP contribution in [0.5, 0.6) is 0 Å². The van der Waals surface area contributed by atoms with Crippen LogP contribution in [-0.2, 0) is 33.8 Å². The molecule has 1 aliphatic heterocycles. The highest BCUT2D eigenvalue weighted by Gasteiger charge is 2.38. The summed E-state index contributed by atoms with van der Waals surface area (Å²) in [5.74, 6) is 0.0490. The van der Waals surface area contributed by atoms with Crippen LogP contribution >= 0.6 is 0 Å². The number of likely N-dealkylation sites (N-methyl/N-ethyl adjacent to an activating group) is 1. The predicted molar refractivity (Wildman–Crippen MR) is 168 cm³/mol. The van der Waals surface area contributed by atoms with Crippen molar-refractivity contribution in [2.75, 3.05) is 20.1 Å². The summed E-state index contributed by atoms with van der Waals surface area (Å²) in [6.45, 7) is 5.84. The molecule has 43 heavy (non-hydrogen) atoms. The van der Waals surface area contributed by atoms with Gasteiger partial charge in [-0.15, -0.1) is 0 Å². The first-order chi connectivity index (χ1) is 20.9. The van der Waals surface area contributed by atoms with E-state index in [1.807, 2.05) is 60.8 Å². The number of nitrogens with one attached hydrogen (secondary N) is 1. The Morgan fingerprint density at radius 1 is 0.907 bits per heavy atom. The molecule has 0 unspecified atom stereocenters. The van der Waals surface area contributed by atoms with Crippen LogP contribution in [0.2, 0.25) is 0 Å². The molecule has 0 bridgehead atoms. The molecule has 224 valence electrons. The molecule has 4 aromatic rings. The fourth-order valence-corrected chi connectivity index (χ4v) is 5.53. The van der Waals surface area contributed by atoms with E-state index in [0.29, 0.717) is 6.54 Å². The van der Waals surface area contributed by atoms with E-state index in [2.05, 4.69) is 65.6 Å². The normalized spacial score (nSPS) is 20.2. The third kappa shape index (κ3) is 8.15. The molecule has 7 nitrogen and oxygen atoms in total. The number of rotatable bonds is 11. The van der Waals surface area contributed by atoms with Crippen molar-refractivity contribution in [1.29, 1.82) is 0 Å². The first-order valence-corrected chi connectivity index (χ1v) is 14.9. The minimum atomic E-state index is -0.546. The van der Waals surface area contributed by atoms with Crippen molar-refractivity contribution in [2.24, 2.45) is 5.92 Å². The van der Waals surface area contributed by atoms with Gasteiger partial charge in [0, 0.05) is 56.4 Å². The molecule has 1 saturated heterocycles. The third-order valence-electron chi connectivity index (χ3n) is 8.05. The lowest BCUT2D eigenvalue weighted by molar-refractivity contribution is -0.275. The molecular weight excluding hydrogens is 538 g/mol. The van der Waals surface area contributed by atoms with Gasteiger partial charge >= 0.3 is 0 Å². The summed E-state index contributed by atoms with van der Waals surface area (Å²) in [5.41, 5.74) is 7.14. The Labute approximate surface area is 254 Å². The second kappa shape index (κ2) is 14.5. The maximum atomic E-state index is 11.4. The zero-order chi connectivity index (χ0) is 30.2. The molecule has 4 atom stereocenters. The van der Waals surface area contributed by atoms with Gasteiger partial charge in [0.25, 0.3) is 0 Å². The Hall–Kier alpha value is -3.88. The molecule has 0 saturated carbocycles. The van der Waals surface area contributed by atoms with E-state index in [0.717, 1.165) is 58.6 Å². The van der Waals surface area contributed by atoms with E-state index < -0.39 is 6.29 Å². The van der Waals surface area contributed by atoms with Crippen molar-refractivity contribution < 1.29 is 19.4 Å². The van der Waals surface area contributed by atoms with E-state index in [4.69, 9.17) is 9.47 Å². The maximum absolute atomic E-state index is 11.4. The number of carbonyl (C=O) groups is 1. The minimum absolute atomic E-state index is 0.00952. The largest absolute Gasteiger partial charge is 0.392 e. The number of aromatic nitrogens is 1. The fraction of sp³-hybridized carbons (Fsp3) is 0.333. The van der Waals surface area contributed by atoms with Gasteiger partial charge in [-0.3, -0.25) is 9.78 Å². The van der Waals surface area contributed by atoms with Crippen LogP contribution in [-0.4, -0.2) is 47.1 Å². The van der Waals surface area contributed by atoms with Gasteiger partial charge in [-0.1, -0.05) is 73.7 Å². The van der Waals surface area contributed by atoms with E-state index in [1.165, 1.54) is 6.92 Å². The van der Waals surface area contributed by atoms with Crippen LogP contribution in [0.4, 0.5) is 0 Å². The summed E-state index contributed by atoms with van der Waals surface area (Å²) in [6.07, 6.45) is 1.91. The monoisotopic (exact) mass is 579 g/mol. The van der Waals surface area contributed by atoms with E-state index >= 15 is 0 Å². The Morgan fingerprint density at radius 3 is 2.40 bits per heavy atom. The average Bonchev–Trinajstić information content (AvgIpc) is 3.04. The molecule has 5 rings (SSSR count). The van der Waals surface area contributed by atoms with E-state index in [-0.39, 0.29) is 30.6 Å². The summed E-state index contributed by atoms with van der Waals surface area (Å²) >= 11 is 0. The van der Waals surface area contributed by atoms with Gasteiger partial charge in [0.2, 0.25) is 5.91 Å². The number of amides is 1. The van der Waals surface area contributed by atoms with Crippen molar-refractivity contribution in [3.63, 3.8) is 0 Å². The molecule has 0 radical (unpaired) electrons. The SMILES string of the molecule is CC(=O)NCc1cccc(-c2cccc([C@H]3O[C@@H](CN(C)CCc4ccccn4)[C@@H](C)[C@@H](c4ccc(CO)cc4)O3)c2)c1. The predicted octanol–water partition coefficient (Wildman–Crippen LogP) is 5.84. The van der Waals surface area contributed by atoms with Crippen LogP contribution in [0.25, 0.3) is 11.1 Å². The Morgan fingerprint density at radius 2 is 1.67 bits per heavy atom. The van der Waals surface area contributed by atoms with Crippen LogP contribution < -0.4 is 5.32 Å². The maximum Gasteiger partial charge on any atom is 0.217 e. The van der Waals surface area contributed by atoms with E-state index in [1.54, 1.807) is 0 Å². The molecule has 2 heterocycles. The zero-order valence-corrected chi connectivity index (χ0v) is 25.1. The average molecular weight is 580 g/mol. The van der Waals surface area contributed by atoms with Crippen molar-refractivity contribution in [3.8, 4) is 11.1 Å². The van der Waals surface area contributed by atoms with E-state index in [9.17, 15) is 9.90 Å². The van der Waals surface area contributed by atoms with Crippen molar-refractivity contribution >= 4 is 5.91 Å². The van der Waals surface area contributed by atoms with Gasteiger partial charge in [0.05, 0.1) is 18.8 Å². The van der Waals surface area contributed by atoms with Gasteiger partial charge < -0.3 is 24.8 Å². The summed E-state index contributed by atoms with van der Waals surface area (Å²) in [7, 11) is 2.13. The van der Waals surface area contributed by atoms with Gasteiger partial charge in [-0.2, -0.15) is 0 Å². The molecule has 7 heteroatoms. The number of ether oxygens (including phenoxy) is 2. The first-order valence-electron chi connectivity index (χ1n) is 14.9. The molecule has 1 aliphatic rings. The van der Waals surface area contributed by atoms with Crippen molar-refractivity contribution in [3.05, 3.63) is 125 Å². The van der Waals surface area contributed by atoms with Gasteiger partial charge in [0.1, 0.15) is 0 Å². The summed E-state index contributed by atoms with van der Waals surface area (Å²) in [4.78, 5) is 18.2. The molecule has 0 spiro atoms. The number of benzene rings is 3. The van der Waals surface area contributed by atoms with Gasteiger partial charge in [0.15, 0.2) is 6.29 Å². The number of nitrogens with zero attached hydrogens (tertiary/aromatic N) is 2. The number of carbonyl (C=O) groups excluding carboxylic acids is 1. The van der Waals surface area contributed by atoms with Crippen LogP contribution in [0.1, 0.15) is 54.2 Å². The molecule has 2 N–H and O–H groups in total. The molecule has 0 aliphatic carbocycles. The summed E-state index contributed by atoms with van der Waals surface area (Å²) in [5, 5.41) is 12.4. The summed E-state index contributed by atoms with van der Waals surface area (Å²) < 4.78 is 13.4.